The third-order valence-corrected chi connectivity index (χ3v) is 4.70. The van der Waals surface area contributed by atoms with Gasteiger partial charge in [0.2, 0.25) is 0 Å². The minimum absolute atomic E-state index is 0.0752. The summed E-state index contributed by atoms with van der Waals surface area (Å²) in [6, 6.07) is 17.1. The van der Waals surface area contributed by atoms with Gasteiger partial charge in [-0.05, 0) is 49.4 Å². The number of esters is 1. The zero-order chi connectivity index (χ0) is 23.2. The van der Waals surface area contributed by atoms with Gasteiger partial charge in [0.05, 0.1) is 16.9 Å². The van der Waals surface area contributed by atoms with Crippen LogP contribution in [-0.4, -0.2) is 26.8 Å². The molecule has 0 radical (unpaired) electrons. The van der Waals surface area contributed by atoms with Crippen LogP contribution < -0.4 is 9.47 Å². The van der Waals surface area contributed by atoms with E-state index >= 15 is 0 Å². The summed E-state index contributed by atoms with van der Waals surface area (Å²) in [6.45, 7) is 1.67. The van der Waals surface area contributed by atoms with E-state index in [1.807, 2.05) is 30.3 Å². The summed E-state index contributed by atoms with van der Waals surface area (Å²) >= 11 is 5.68. The number of halogens is 2. The highest BCUT2D eigenvalue weighted by atomic mass is 35.5. The number of carbonyl (C=O) groups excluding carboxylic acids is 1. The summed E-state index contributed by atoms with van der Waals surface area (Å²) in [6.07, 6.45) is 3.89. The smallest absolute Gasteiger partial charge is 0.347 e. The van der Waals surface area contributed by atoms with Gasteiger partial charge >= 0.3 is 5.97 Å². The molecule has 33 heavy (non-hydrogen) atoms. The van der Waals surface area contributed by atoms with Crippen molar-refractivity contribution in [2.24, 2.45) is 0 Å². The number of hydrogen-bond acceptors (Lipinski definition) is 6. The molecule has 2 aromatic carbocycles. The van der Waals surface area contributed by atoms with Gasteiger partial charge in [0.15, 0.2) is 11.9 Å². The molecule has 0 saturated heterocycles. The number of aromatic nitrogens is 3. The number of carbonyl (C=O) groups is 1. The van der Waals surface area contributed by atoms with Crippen molar-refractivity contribution < 1.29 is 23.4 Å². The molecule has 9 heteroatoms. The van der Waals surface area contributed by atoms with Gasteiger partial charge in [0.1, 0.15) is 18.1 Å². The van der Waals surface area contributed by atoms with Gasteiger partial charge in [-0.1, -0.05) is 29.8 Å². The first-order valence-electron chi connectivity index (χ1n) is 9.99. The number of ether oxygens (including phenoxy) is 3. The van der Waals surface area contributed by atoms with Gasteiger partial charge in [0.25, 0.3) is 5.88 Å². The molecule has 7 nitrogen and oxygen atoms in total. The highest BCUT2D eigenvalue weighted by Gasteiger charge is 2.17. The average Bonchev–Trinajstić information content (AvgIpc) is 3.30. The Morgan fingerprint density at radius 3 is 2.55 bits per heavy atom. The first-order valence-corrected chi connectivity index (χ1v) is 10.4. The Bertz CT molecular complexity index is 1230. The van der Waals surface area contributed by atoms with Crippen LogP contribution in [0.25, 0.3) is 5.69 Å². The van der Waals surface area contributed by atoms with Crippen molar-refractivity contribution in [3.8, 4) is 23.1 Å². The quantitative estimate of drug-likeness (QED) is 0.325. The minimum atomic E-state index is -0.837. The van der Waals surface area contributed by atoms with E-state index in [2.05, 4.69) is 10.1 Å². The molecule has 2 aromatic heterocycles. The van der Waals surface area contributed by atoms with Gasteiger partial charge in [-0.15, -0.1) is 0 Å². The molecule has 1 atom stereocenters. The molecule has 0 N–H and O–H groups in total. The lowest BCUT2D eigenvalue weighted by molar-refractivity contribution is -0.152. The predicted molar refractivity (Wildman–Crippen MR) is 119 cm³/mol. The largest absolute Gasteiger partial charge is 0.479 e. The van der Waals surface area contributed by atoms with Gasteiger partial charge in [-0.2, -0.15) is 5.10 Å². The van der Waals surface area contributed by atoms with Crippen molar-refractivity contribution >= 4 is 17.6 Å². The van der Waals surface area contributed by atoms with Crippen molar-refractivity contribution in [1.82, 2.24) is 14.8 Å². The minimum Gasteiger partial charge on any atom is -0.479 e. The van der Waals surface area contributed by atoms with Crippen molar-refractivity contribution in [3.63, 3.8) is 0 Å². The topological polar surface area (TPSA) is 75.5 Å². The van der Waals surface area contributed by atoms with Crippen LogP contribution in [0, 0.1) is 5.82 Å². The second kappa shape index (κ2) is 10.1. The van der Waals surface area contributed by atoms with E-state index in [1.54, 1.807) is 48.3 Å². The molecule has 4 aromatic rings. The van der Waals surface area contributed by atoms with E-state index in [1.165, 1.54) is 6.20 Å². The van der Waals surface area contributed by atoms with Crippen LogP contribution in [0.4, 0.5) is 4.39 Å². The molecule has 1 unspecified atom stereocenters. The Labute approximate surface area is 194 Å². The summed E-state index contributed by atoms with van der Waals surface area (Å²) in [5.41, 5.74) is 1.66. The van der Waals surface area contributed by atoms with Crippen LogP contribution in [0.5, 0.6) is 17.4 Å². The Kier molecular flexibility index (Phi) is 6.85. The fraction of sp³-hybridized carbons (Fsp3) is 0.125. The molecular formula is C24H19ClFN3O4. The molecule has 0 amide bonds. The van der Waals surface area contributed by atoms with E-state index in [9.17, 15) is 9.18 Å². The van der Waals surface area contributed by atoms with E-state index in [-0.39, 0.29) is 17.5 Å². The monoisotopic (exact) mass is 467 g/mol. The average molecular weight is 468 g/mol. The number of para-hydroxylation sites is 1. The van der Waals surface area contributed by atoms with Crippen LogP contribution in [-0.2, 0) is 16.1 Å². The summed E-state index contributed by atoms with van der Waals surface area (Å²) < 4.78 is 31.9. The summed E-state index contributed by atoms with van der Waals surface area (Å²) in [5, 5.41) is 4.45. The van der Waals surface area contributed by atoms with Crippen molar-refractivity contribution in [3.05, 3.63) is 95.7 Å². The lowest BCUT2D eigenvalue weighted by Crippen LogP contribution is -2.25. The first-order chi connectivity index (χ1) is 16.0. The van der Waals surface area contributed by atoms with E-state index in [0.717, 1.165) is 17.3 Å². The molecule has 0 spiro atoms. The number of hydrogen-bond donors (Lipinski definition) is 0. The molecule has 168 valence electrons. The fourth-order valence-electron chi connectivity index (χ4n) is 2.86. The maximum absolute atomic E-state index is 13.8. The molecule has 0 aliphatic heterocycles. The van der Waals surface area contributed by atoms with Gasteiger partial charge < -0.3 is 14.2 Å². The molecule has 0 bridgehead atoms. The maximum atomic E-state index is 13.8. The third-order valence-electron chi connectivity index (χ3n) is 4.49. The lowest BCUT2D eigenvalue weighted by atomic mass is 10.3. The van der Waals surface area contributed by atoms with Crippen LogP contribution in [0.1, 0.15) is 12.5 Å². The van der Waals surface area contributed by atoms with E-state index in [4.69, 9.17) is 25.8 Å². The molecule has 2 heterocycles. The maximum Gasteiger partial charge on any atom is 0.347 e. The second-order valence-corrected chi connectivity index (χ2v) is 7.45. The molecule has 0 aliphatic carbocycles. The van der Waals surface area contributed by atoms with Crippen LogP contribution in [0.3, 0.4) is 0 Å². The summed E-state index contributed by atoms with van der Waals surface area (Å²) in [7, 11) is 0. The lowest BCUT2D eigenvalue weighted by Gasteiger charge is -2.14. The van der Waals surface area contributed by atoms with Gasteiger partial charge in [-0.25, -0.2) is 18.9 Å². The van der Waals surface area contributed by atoms with Crippen LogP contribution in [0.2, 0.25) is 5.02 Å². The standard InChI is InChI=1S/C24H19ClFN3O4/c1-16(24(30)31-15-17-12-28-29(14-17)19-5-3-2-4-6-19)32-20-7-9-21(10-8-20)33-23-22(26)11-18(25)13-27-23/h2-14,16H,15H2,1H3. The highest BCUT2D eigenvalue weighted by Crippen LogP contribution is 2.26. The highest BCUT2D eigenvalue weighted by molar-refractivity contribution is 6.30. The molecule has 0 fully saturated rings. The Balaban J connectivity index is 1.28. The summed E-state index contributed by atoms with van der Waals surface area (Å²) in [4.78, 5) is 16.1. The molecule has 4 rings (SSSR count). The fourth-order valence-corrected chi connectivity index (χ4v) is 3.00. The SMILES string of the molecule is CC(Oc1ccc(Oc2ncc(Cl)cc2F)cc1)C(=O)OCc1cnn(-c2ccccc2)c1. The second-order valence-electron chi connectivity index (χ2n) is 7.01. The van der Waals surface area contributed by atoms with E-state index < -0.39 is 17.9 Å². The van der Waals surface area contributed by atoms with Crippen LogP contribution in [0.15, 0.2) is 79.3 Å². The predicted octanol–water partition coefficient (Wildman–Crippen LogP) is 5.36. The number of benzene rings is 2. The van der Waals surface area contributed by atoms with Crippen molar-refractivity contribution in [2.75, 3.05) is 0 Å². The Hall–Kier alpha value is -3.91. The zero-order valence-electron chi connectivity index (χ0n) is 17.5. The molecule has 0 aliphatic rings. The van der Waals surface area contributed by atoms with Gasteiger partial charge in [0, 0.05) is 18.0 Å². The number of nitrogens with zero attached hydrogens (tertiary/aromatic N) is 3. The normalized spacial score (nSPS) is 11.6. The van der Waals surface area contributed by atoms with E-state index in [0.29, 0.717) is 11.5 Å². The Morgan fingerprint density at radius 1 is 1.09 bits per heavy atom. The number of pyridine rings is 1. The Morgan fingerprint density at radius 2 is 1.82 bits per heavy atom. The van der Waals surface area contributed by atoms with Crippen LogP contribution >= 0.6 is 11.6 Å². The van der Waals surface area contributed by atoms with Crippen molar-refractivity contribution in [2.45, 2.75) is 19.6 Å². The van der Waals surface area contributed by atoms with Gasteiger partial charge in [-0.3, -0.25) is 0 Å². The zero-order valence-corrected chi connectivity index (χ0v) is 18.3. The summed E-state index contributed by atoms with van der Waals surface area (Å²) in [5.74, 6) is -0.612. The third kappa shape index (κ3) is 5.87. The molecule has 0 saturated carbocycles. The van der Waals surface area contributed by atoms with Crippen molar-refractivity contribution in [1.29, 1.82) is 0 Å². The molecular weight excluding hydrogens is 449 g/mol. The first kappa shape index (κ1) is 22.3. The number of rotatable bonds is 8.